The van der Waals surface area contributed by atoms with Gasteiger partial charge in [-0.15, -0.1) is 0 Å². The molecule has 1 aromatic heterocycles. The summed E-state index contributed by atoms with van der Waals surface area (Å²) in [6, 6.07) is -0.533. The van der Waals surface area contributed by atoms with Gasteiger partial charge in [-0.25, -0.2) is 9.59 Å². The Labute approximate surface area is 111 Å². The predicted molar refractivity (Wildman–Crippen MR) is 68.0 cm³/mol. The van der Waals surface area contributed by atoms with Gasteiger partial charge in [-0.1, -0.05) is 4.79 Å². The number of rotatable bonds is 5. The normalized spacial score (nSPS) is 9.84. The number of hydrogen-bond donors (Lipinski definition) is 4. The highest BCUT2D eigenvalue weighted by molar-refractivity contribution is 5.79. The zero-order valence-corrected chi connectivity index (χ0v) is 11.4. The molecule has 0 saturated carbocycles. The van der Waals surface area contributed by atoms with E-state index in [0.717, 1.165) is 5.69 Å². The molecule has 0 saturated heterocycles. The molecule has 9 heteroatoms. The summed E-state index contributed by atoms with van der Waals surface area (Å²) in [5, 5.41) is 12.0. The van der Waals surface area contributed by atoms with E-state index in [9.17, 15) is 9.59 Å². The Kier molecular flexibility index (Phi) is 5.58. The average Bonchev–Trinajstić information content (AvgIpc) is 2.70. The largest absolute Gasteiger partial charge is 0.352 e. The van der Waals surface area contributed by atoms with Gasteiger partial charge in [-0.2, -0.15) is 5.43 Å². The molecule has 0 atom stereocenters. The summed E-state index contributed by atoms with van der Waals surface area (Å²) in [4.78, 5) is 25.3. The summed E-state index contributed by atoms with van der Waals surface area (Å²) >= 11 is 0. The number of carbonyl (C=O) groups excluding carboxylic acids is 2. The molecule has 0 bridgehead atoms. The predicted octanol–water partition coefficient (Wildman–Crippen LogP) is -1.55. The van der Waals surface area contributed by atoms with E-state index in [1.165, 1.54) is 9.59 Å². The van der Waals surface area contributed by atoms with Crippen LogP contribution in [-0.2, 0) is 13.5 Å². The van der Waals surface area contributed by atoms with E-state index in [-0.39, 0.29) is 12.1 Å². The van der Waals surface area contributed by atoms with Gasteiger partial charge in [0.25, 0.3) is 0 Å². The maximum Gasteiger partial charge on any atom is 0.352 e. The van der Waals surface area contributed by atoms with Crippen LogP contribution in [0.1, 0.15) is 12.6 Å². The molecule has 0 aliphatic rings. The van der Waals surface area contributed by atoms with Crippen LogP contribution >= 0.6 is 0 Å². The van der Waals surface area contributed by atoms with Crippen molar-refractivity contribution >= 4 is 12.1 Å². The van der Waals surface area contributed by atoms with Gasteiger partial charge in [0, 0.05) is 31.7 Å². The van der Waals surface area contributed by atoms with Crippen molar-refractivity contribution in [2.75, 3.05) is 25.6 Å². The van der Waals surface area contributed by atoms with Crippen molar-refractivity contribution in [2.45, 2.75) is 13.3 Å². The van der Waals surface area contributed by atoms with Gasteiger partial charge in [0.2, 0.25) is 5.69 Å². The van der Waals surface area contributed by atoms with Crippen molar-refractivity contribution in [3.8, 4) is 0 Å². The molecule has 9 nitrogen and oxygen atoms in total. The Morgan fingerprint density at radius 3 is 2.74 bits per heavy atom. The van der Waals surface area contributed by atoms with E-state index >= 15 is 0 Å². The molecule has 0 spiro atoms. The van der Waals surface area contributed by atoms with Crippen LogP contribution in [0.4, 0.5) is 9.59 Å². The highest BCUT2D eigenvalue weighted by atomic mass is 16.2. The van der Waals surface area contributed by atoms with Crippen LogP contribution < -0.4 is 26.2 Å². The summed E-state index contributed by atoms with van der Waals surface area (Å²) in [6.45, 7) is 2.86. The number of amides is 4. The van der Waals surface area contributed by atoms with Crippen molar-refractivity contribution in [1.82, 2.24) is 25.8 Å². The third-order valence-corrected chi connectivity index (χ3v) is 2.30. The first-order valence-electron chi connectivity index (χ1n) is 6.02. The molecule has 4 N–H and O–H groups in total. The van der Waals surface area contributed by atoms with E-state index in [2.05, 4.69) is 26.5 Å². The molecule has 1 aromatic rings. The minimum absolute atomic E-state index is 0.232. The van der Waals surface area contributed by atoms with E-state index < -0.39 is 0 Å². The van der Waals surface area contributed by atoms with Crippen LogP contribution in [0, 0.1) is 0 Å². The second kappa shape index (κ2) is 7.19. The monoisotopic (exact) mass is 270 g/mol. The van der Waals surface area contributed by atoms with Crippen molar-refractivity contribution in [3.63, 3.8) is 0 Å². The lowest BCUT2D eigenvalue weighted by molar-refractivity contribution is -0.728. The molecule has 0 fully saturated rings. The fourth-order valence-corrected chi connectivity index (χ4v) is 1.40. The number of aryl methyl sites for hydroxylation is 1. The van der Waals surface area contributed by atoms with Gasteiger partial charge < -0.3 is 16.0 Å². The maximum absolute atomic E-state index is 11.4. The lowest BCUT2D eigenvalue weighted by Gasteiger charge is -2.01. The fourth-order valence-electron chi connectivity index (χ4n) is 1.40. The summed E-state index contributed by atoms with van der Waals surface area (Å²) < 4.78 is 0. The van der Waals surface area contributed by atoms with E-state index in [4.69, 9.17) is 0 Å². The van der Waals surface area contributed by atoms with E-state index in [1.807, 2.05) is 6.92 Å². The molecule has 0 aromatic carbocycles. The van der Waals surface area contributed by atoms with Crippen molar-refractivity contribution in [2.24, 2.45) is 7.05 Å². The smallest absolute Gasteiger partial charge is 0.341 e. The second-order valence-electron chi connectivity index (χ2n) is 3.78. The number of aromatic nitrogens is 3. The first-order valence-corrected chi connectivity index (χ1v) is 6.02. The average molecular weight is 270 g/mol. The number of nitrogens with one attached hydrogen (secondary N) is 4. The van der Waals surface area contributed by atoms with E-state index in [0.29, 0.717) is 19.5 Å². The van der Waals surface area contributed by atoms with Crippen molar-refractivity contribution in [1.29, 1.82) is 0 Å². The standard InChI is InChI=1S/C10H19N7O2/c1-4-12-10(19)15-17-7-8(14-16(17)3)5-6-13-9(18)11-2/h7H,4-6H2,1-3H3,(H3-,11,12,13,14,15,18,19)/p+1. The van der Waals surface area contributed by atoms with Crippen LogP contribution in [0.3, 0.4) is 0 Å². The van der Waals surface area contributed by atoms with Crippen LogP contribution in [0.5, 0.6) is 0 Å². The third-order valence-electron chi connectivity index (χ3n) is 2.30. The van der Waals surface area contributed by atoms with Crippen molar-refractivity contribution in [3.05, 3.63) is 11.9 Å². The molecule has 0 radical (unpaired) electrons. The second-order valence-corrected chi connectivity index (χ2v) is 3.78. The zero-order valence-electron chi connectivity index (χ0n) is 11.4. The highest BCUT2D eigenvalue weighted by Crippen LogP contribution is 1.89. The number of urea groups is 2. The van der Waals surface area contributed by atoms with Gasteiger partial charge in [0.1, 0.15) is 0 Å². The molecule has 0 aliphatic carbocycles. The molecular formula is C10H20N7O2+. The van der Waals surface area contributed by atoms with E-state index in [1.54, 1.807) is 20.3 Å². The van der Waals surface area contributed by atoms with Gasteiger partial charge in [-0.05, 0) is 11.7 Å². The van der Waals surface area contributed by atoms with Crippen molar-refractivity contribution < 1.29 is 14.4 Å². The third kappa shape index (κ3) is 4.82. The van der Waals surface area contributed by atoms with Gasteiger partial charge in [-0.3, -0.25) is 0 Å². The highest BCUT2D eigenvalue weighted by Gasteiger charge is 2.15. The Balaban J connectivity index is 2.49. The number of nitrogens with zero attached hydrogens (tertiary/aromatic N) is 3. The minimum atomic E-state index is -0.300. The molecular weight excluding hydrogens is 250 g/mol. The summed E-state index contributed by atoms with van der Waals surface area (Å²) in [7, 11) is 3.27. The summed E-state index contributed by atoms with van der Waals surface area (Å²) in [6.07, 6.45) is 2.27. The Morgan fingerprint density at radius 2 is 2.11 bits per heavy atom. The summed E-state index contributed by atoms with van der Waals surface area (Å²) in [5.74, 6) is 0. The topological polar surface area (TPSA) is 104 Å². The van der Waals surface area contributed by atoms with Gasteiger partial charge in [0.15, 0.2) is 6.20 Å². The van der Waals surface area contributed by atoms with Crippen LogP contribution in [-0.4, -0.2) is 42.1 Å². The number of carbonyl (C=O) groups is 2. The molecule has 0 unspecified atom stereocenters. The van der Waals surface area contributed by atoms with Crippen LogP contribution in [0.15, 0.2) is 6.20 Å². The van der Waals surface area contributed by atoms with Gasteiger partial charge >= 0.3 is 12.1 Å². The Bertz CT molecular complexity index is 443. The minimum Gasteiger partial charge on any atom is -0.341 e. The molecule has 4 amide bonds. The molecule has 1 rings (SSSR count). The molecule has 0 aliphatic heterocycles. The first-order chi connectivity index (χ1) is 9.06. The quantitative estimate of drug-likeness (QED) is 0.487. The molecule has 106 valence electrons. The van der Waals surface area contributed by atoms with Crippen LogP contribution in [0.25, 0.3) is 0 Å². The van der Waals surface area contributed by atoms with Crippen LogP contribution in [0.2, 0.25) is 0 Å². The van der Waals surface area contributed by atoms with Gasteiger partial charge in [0.05, 0.1) is 7.05 Å². The summed E-state index contributed by atoms with van der Waals surface area (Å²) in [5.41, 5.74) is 3.37. The SMILES string of the molecule is CCNC(=O)N[n+]1cc(CCNC(=O)NC)nn1C. The number of hydrogen-bond acceptors (Lipinski definition) is 3. The molecule has 19 heavy (non-hydrogen) atoms. The maximum atomic E-state index is 11.4. The first kappa shape index (κ1) is 14.7. The lowest BCUT2D eigenvalue weighted by atomic mass is 10.3. The lowest BCUT2D eigenvalue weighted by Crippen LogP contribution is -2.56. The molecule has 1 heterocycles. The zero-order chi connectivity index (χ0) is 14.3. The fraction of sp³-hybridized carbons (Fsp3) is 0.600. The Hall–Kier alpha value is -2.32. The Morgan fingerprint density at radius 1 is 1.37 bits per heavy atom.